The van der Waals surface area contributed by atoms with Crippen molar-refractivity contribution in [2.75, 3.05) is 166 Å². The number of aliphatic hydroxyl groups is 4. The standard InChI is InChI=1S/4C10H24N2O3.Ti/c4*1-7-14-9(15-8-2)10(13,11(3)4)12(5)6;/h4*9,13H,7-8H2,1-6H3;. The van der Waals surface area contributed by atoms with Gasteiger partial charge in [-0.2, -0.15) is 0 Å². The summed E-state index contributed by atoms with van der Waals surface area (Å²) in [6, 6.07) is 0. The largest absolute Gasteiger partial charge is 0.359 e. The molecule has 0 aliphatic heterocycles. The van der Waals surface area contributed by atoms with Crippen molar-refractivity contribution >= 4 is 0 Å². The monoisotopic (exact) mass is 929 g/mol. The number of rotatable bonds is 28. The summed E-state index contributed by atoms with van der Waals surface area (Å²) in [7, 11) is 28.5. The van der Waals surface area contributed by atoms with Crippen molar-refractivity contribution in [3.63, 3.8) is 0 Å². The van der Waals surface area contributed by atoms with Crippen LogP contribution in [0.4, 0.5) is 0 Å². The van der Waals surface area contributed by atoms with Gasteiger partial charge in [0, 0.05) is 74.6 Å². The Kier molecular flexibility index (Phi) is 41.4. The molecular weight excluding hydrogens is 832 g/mol. The molecule has 21 heteroatoms. The summed E-state index contributed by atoms with van der Waals surface area (Å²) >= 11 is 0. The van der Waals surface area contributed by atoms with Crippen LogP contribution in [0.5, 0.6) is 0 Å². The summed E-state index contributed by atoms with van der Waals surface area (Å²) in [5, 5.41) is 42.0. The molecule has 0 unspecified atom stereocenters. The third-order valence-corrected chi connectivity index (χ3v) is 9.07. The maximum Gasteiger partial charge on any atom is 0.229 e. The third-order valence-electron chi connectivity index (χ3n) is 9.07. The Morgan fingerprint density at radius 1 is 0.262 bits per heavy atom. The number of hydrogen-bond donors (Lipinski definition) is 4. The molecule has 0 spiro atoms. The van der Waals surface area contributed by atoms with Crippen LogP contribution in [0.15, 0.2) is 0 Å². The van der Waals surface area contributed by atoms with E-state index in [-0.39, 0.29) is 21.7 Å². The van der Waals surface area contributed by atoms with Crippen LogP contribution in [-0.4, -0.2) is 274 Å². The molecule has 0 aliphatic carbocycles. The first kappa shape index (κ1) is 69.9. The van der Waals surface area contributed by atoms with E-state index in [0.29, 0.717) is 52.9 Å². The van der Waals surface area contributed by atoms with Gasteiger partial charge in [-0.25, -0.2) is 0 Å². The molecule has 0 fully saturated rings. The second-order valence-electron chi connectivity index (χ2n) is 14.9. The zero-order valence-electron chi connectivity index (χ0n) is 43.1. The molecule has 0 aliphatic rings. The van der Waals surface area contributed by atoms with Crippen molar-refractivity contribution in [2.24, 2.45) is 0 Å². The molecule has 0 aromatic heterocycles. The summed E-state index contributed by atoms with van der Waals surface area (Å²) in [6.45, 7) is 18.9. The summed E-state index contributed by atoms with van der Waals surface area (Å²) in [5.41, 5.74) is 0. The Morgan fingerprint density at radius 2 is 0.344 bits per heavy atom. The fraction of sp³-hybridized carbons (Fsp3) is 1.00. The molecule has 0 saturated heterocycles. The van der Waals surface area contributed by atoms with E-state index in [0.717, 1.165) is 0 Å². The number of ether oxygens (including phenoxy) is 8. The number of nitrogens with zero attached hydrogens (tertiary/aromatic N) is 8. The molecule has 0 radical (unpaired) electrons. The minimum Gasteiger partial charge on any atom is -0.359 e. The molecular formula is C40H96N8O12Ti. The fourth-order valence-electron chi connectivity index (χ4n) is 5.58. The summed E-state index contributed by atoms with van der Waals surface area (Å²) in [6.07, 6.45) is -2.73. The van der Waals surface area contributed by atoms with Gasteiger partial charge in [0.15, 0.2) is 0 Å². The van der Waals surface area contributed by atoms with Gasteiger partial charge in [-0.3, -0.25) is 39.2 Å². The summed E-state index contributed by atoms with van der Waals surface area (Å²) in [4.78, 5) is 13.4. The first-order valence-corrected chi connectivity index (χ1v) is 20.8. The van der Waals surface area contributed by atoms with Gasteiger partial charge in [-0.15, -0.1) is 0 Å². The maximum atomic E-state index is 10.5. The molecule has 0 amide bonds. The van der Waals surface area contributed by atoms with Gasteiger partial charge in [0.25, 0.3) is 0 Å². The van der Waals surface area contributed by atoms with Gasteiger partial charge in [0.2, 0.25) is 48.6 Å². The molecule has 0 saturated carbocycles. The third kappa shape index (κ3) is 21.8. The van der Waals surface area contributed by atoms with Crippen LogP contribution in [0.1, 0.15) is 55.4 Å². The van der Waals surface area contributed by atoms with Gasteiger partial charge in [0.05, 0.1) is 0 Å². The first-order chi connectivity index (χ1) is 27.6. The number of likely N-dealkylation sites (N-methyl/N-ethyl adjacent to an activating group) is 8. The normalized spacial score (nSPS) is 13.0. The van der Waals surface area contributed by atoms with E-state index in [1.54, 1.807) is 152 Å². The smallest absolute Gasteiger partial charge is 0.229 e. The topological polar surface area (TPSA) is 181 Å². The summed E-state index contributed by atoms with van der Waals surface area (Å²) in [5.74, 6) is -5.03. The molecule has 0 atom stereocenters. The molecule has 0 bridgehead atoms. The average molecular weight is 929 g/mol. The SMILES string of the molecule is CCOC(OCC)C(O)(N(C)C)N(C)C.CCOC(OCC)C(O)(N(C)C)N(C)C.CCOC(OCC)C(O)(N(C)C)N(C)C.CCOC(OCC)C(O)(N(C)C)N(C)C.[Ti]. The number of hydrogen-bond acceptors (Lipinski definition) is 20. The quantitative estimate of drug-likeness (QED) is 0.0633. The van der Waals surface area contributed by atoms with Gasteiger partial charge < -0.3 is 58.3 Å². The van der Waals surface area contributed by atoms with Crippen molar-refractivity contribution in [3.05, 3.63) is 0 Å². The zero-order chi connectivity index (χ0) is 48.2. The van der Waals surface area contributed by atoms with Gasteiger partial charge in [-0.05, 0) is 168 Å². The molecule has 372 valence electrons. The molecule has 61 heavy (non-hydrogen) atoms. The van der Waals surface area contributed by atoms with Crippen LogP contribution in [0.2, 0.25) is 0 Å². The van der Waals surface area contributed by atoms with Gasteiger partial charge >= 0.3 is 0 Å². The fourth-order valence-corrected chi connectivity index (χ4v) is 5.58. The van der Waals surface area contributed by atoms with Crippen LogP contribution in [0.25, 0.3) is 0 Å². The van der Waals surface area contributed by atoms with Crippen molar-refractivity contribution in [1.82, 2.24) is 39.2 Å². The molecule has 4 N–H and O–H groups in total. The van der Waals surface area contributed by atoms with Crippen molar-refractivity contribution in [1.29, 1.82) is 0 Å². The van der Waals surface area contributed by atoms with E-state index in [1.807, 2.05) is 55.4 Å². The van der Waals surface area contributed by atoms with Gasteiger partial charge in [-0.1, -0.05) is 0 Å². The minimum atomic E-state index is -1.26. The zero-order valence-corrected chi connectivity index (χ0v) is 44.7. The Bertz CT molecular complexity index is 800. The minimum absolute atomic E-state index is 0. The second kappa shape index (κ2) is 36.1. The Labute approximate surface area is 387 Å². The second-order valence-corrected chi connectivity index (χ2v) is 14.9. The van der Waals surface area contributed by atoms with Crippen LogP contribution in [0, 0.1) is 0 Å². The van der Waals surface area contributed by atoms with Crippen molar-refractivity contribution in [2.45, 2.75) is 104 Å². The molecule has 0 aromatic rings. The van der Waals surface area contributed by atoms with E-state index < -0.39 is 48.6 Å². The van der Waals surface area contributed by atoms with E-state index in [4.69, 9.17) is 37.9 Å². The van der Waals surface area contributed by atoms with E-state index in [9.17, 15) is 20.4 Å². The maximum absolute atomic E-state index is 10.5. The molecule has 0 rings (SSSR count). The molecule has 20 nitrogen and oxygen atoms in total. The Hall–Kier alpha value is -0.0857. The molecule has 0 aromatic carbocycles. The molecule has 0 heterocycles. The van der Waals surface area contributed by atoms with Crippen molar-refractivity contribution in [3.8, 4) is 0 Å². The van der Waals surface area contributed by atoms with Gasteiger partial charge in [0.1, 0.15) is 0 Å². The van der Waals surface area contributed by atoms with Crippen LogP contribution >= 0.6 is 0 Å². The van der Waals surface area contributed by atoms with E-state index in [1.165, 1.54) is 0 Å². The average Bonchev–Trinajstić information content (AvgIpc) is 3.16. The predicted octanol–water partition coefficient (Wildman–Crippen LogP) is 0.617. The van der Waals surface area contributed by atoms with E-state index in [2.05, 4.69) is 0 Å². The Morgan fingerprint density at radius 3 is 0.393 bits per heavy atom. The van der Waals surface area contributed by atoms with E-state index >= 15 is 0 Å². The first-order valence-electron chi connectivity index (χ1n) is 20.8. The van der Waals surface area contributed by atoms with Crippen molar-refractivity contribution < 1.29 is 80.0 Å². The van der Waals surface area contributed by atoms with Crippen LogP contribution < -0.4 is 0 Å². The Balaban J connectivity index is -0.000000227. The predicted molar refractivity (Wildman–Crippen MR) is 237 cm³/mol. The summed E-state index contributed by atoms with van der Waals surface area (Å²) < 4.78 is 43.3. The van der Waals surface area contributed by atoms with Crippen LogP contribution in [0.3, 0.4) is 0 Å². The van der Waals surface area contributed by atoms with Crippen LogP contribution in [-0.2, 0) is 59.6 Å².